The molecule has 0 fully saturated rings. The van der Waals surface area contributed by atoms with Crippen LogP contribution < -0.4 is 9.64 Å². The molecule has 3 aromatic rings. The molecule has 0 radical (unpaired) electrons. The van der Waals surface area contributed by atoms with Crippen LogP contribution in [0.15, 0.2) is 86.0 Å². The van der Waals surface area contributed by atoms with Gasteiger partial charge in [-0.05, 0) is 66.1 Å². The Bertz CT molecular complexity index is 841. The largest absolute Gasteiger partial charge is 0.494 e. The molecule has 0 heterocycles. The maximum absolute atomic E-state index is 5.81. The van der Waals surface area contributed by atoms with E-state index in [2.05, 4.69) is 85.6 Å². The number of unbranched alkanes of at least 4 members (excludes halogenated alkanes) is 1. The summed E-state index contributed by atoms with van der Waals surface area (Å²) in [6, 6.07) is 25.1. The van der Waals surface area contributed by atoms with Crippen molar-refractivity contribution in [3.8, 4) is 5.75 Å². The zero-order valence-electron chi connectivity index (χ0n) is 16.5. The molecule has 0 N–H and O–H groups in total. The SMILES string of the molecule is C=Cc1ccc(N(c2ccc(C=C)cc2)c2ccc(OCCCC)cc2)cc1. The highest BCUT2D eigenvalue weighted by Gasteiger charge is 2.12. The summed E-state index contributed by atoms with van der Waals surface area (Å²) in [5.74, 6) is 0.904. The molecular formula is C26H27NO. The first-order chi connectivity index (χ1) is 13.7. The van der Waals surface area contributed by atoms with Crippen molar-refractivity contribution in [3.63, 3.8) is 0 Å². The summed E-state index contributed by atoms with van der Waals surface area (Å²) in [7, 11) is 0. The van der Waals surface area contributed by atoms with Gasteiger partial charge in [-0.3, -0.25) is 0 Å². The number of hydrogen-bond donors (Lipinski definition) is 0. The van der Waals surface area contributed by atoms with Crippen molar-refractivity contribution in [2.45, 2.75) is 19.8 Å². The van der Waals surface area contributed by atoms with E-state index in [1.54, 1.807) is 0 Å². The van der Waals surface area contributed by atoms with Crippen molar-refractivity contribution >= 4 is 29.2 Å². The fourth-order valence-electron chi connectivity index (χ4n) is 2.99. The first-order valence-electron chi connectivity index (χ1n) is 9.73. The Labute approximate surface area is 168 Å². The predicted molar refractivity (Wildman–Crippen MR) is 122 cm³/mol. The monoisotopic (exact) mass is 369 g/mol. The molecule has 0 atom stereocenters. The van der Waals surface area contributed by atoms with Crippen molar-refractivity contribution in [1.82, 2.24) is 0 Å². The van der Waals surface area contributed by atoms with Crippen LogP contribution in [0.5, 0.6) is 5.75 Å². The van der Waals surface area contributed by atoms with Gasteiger partial charge in [0.05, 0.1) is 6.61 Å². The van der Waals surface area contributed by atoms with E-state index in [0.717, 1.165) is 53.4 Å². The average molecular weight is 370 g/mol. The summed E-state index contributed by atoms with van der Waals surface area (Å²) < 4.78 is 5.81. The normalized spacial score (nSPS) is 10.3. The zero-order chi connectivity index (χ0) is 19.8. The lowest BCUT2D eigenvalue weighted by Crippen LogP contribution is -2.10. The van der Waals surface area contributed by atoms with Crippen LogP contribution in [0, 0.1) is 0 Å². The van der Waals surface area contributed by atoms with Gasteiger partial charge in [-0.15, -0.1) is 0 Å². The number of hydrogen-bond acceptors (Lipinski definition) is 2. The van der Waals surface area contributed by atoms with E-state index < -0.39 is 0 Å². The number of ether oxygens (including phenoxy) is 1. The van der Waals surface area contributed by atoms with Gasteiger partial charge in [0.15, 0.2) is 0 Å². The van der Waals surface area contributed by atoms with Gasteiger partial charge < -0.3 is 9.64 Å². The second-order valence-electron chi connectivity index (χ2n) is 6.62. The Morgan fingerprint density at radius 1 is 0.714 bits per heavy atom. The lowest BCUT2D eigenvalue weighted by Gasteiger charge is -2.26. The summed E-state index contributed by atoms with van der Waals surface area (Å²) >= 11 is 0. The Morgan fingerprint density at radius 2 is 1.14 bits per heavy atom. The maximum Gasteiger partial charge on any atom is 0.119 e. The lowest BCUT2D eigenvalue weighted by atomic mass is 10.1. The first-order valence-corrected chi connectivity index (χ1v) is 9.73. The third-order valence-corrected chi connectivity index (χ3v) is 4.64. The van der Waals surface area contributed by atoms with Crippen LogP contribution >= 0.6 is 0 Å². The fourth-order valence-corrected chi connectivity index (χ4v) is 2.99. The molecule has 142 valence electrons. The minimum absolute atomic E-state index is 0.756. The molecule has 0 aliphatic carbocycles. The Balaban J connectivity index is 1.94. The molecule has 0 saturated carbocycles. The second-order valence-corrected chi connectivity index (χ2v) is 6.62. The fraction of sp³-hybridized carbons (Fsp3) is 0.154. The highest BCUT2D eigenvalue weighted by molar-refractivity contribution is 5.77. The summed E-state index contributed by atoms with van der Waals surface area (Å²) in [5.41, 5.74) is 5.48. The average Bonchev–Trinajstić information content (AvgIpc) is 2.76. The van der Waals surface area contributed by atoms with Crippen LogP contribution in [0.3, 0.4) is 0 Å². The Kier molecular flexibility index (Phi) is 6.69. The molecule has 0 aliphatic heterocycles. The van der Waals surface area contributed by atoms with E-state index in [4.69, 9.17) is 4.74 Å². The van der Waals surface area contributed by atoms with E-state index in [1.165, 1.54) is 0 Å². The number of benzene rings is 3. The van der Waals surface area contributed by atoms with E-state index in [9.17, 15) is 0 Å². The highest BCUT2D eigenvalue weighted by Crippen LogP contribution is 2.35. The second kappa shape index (κ2) is 9.61. The van der Waals surface area contributed by atoms with Gasteiger partial charge in [0.2, 0.25) is 0 Å². The minimum Gasteiger partial charge on any atom is -0.494 e. The molecule has 0 aliphatic rings. The molecule has 0 aromatic heterocycles. The number of rotatable bonds is 9. The smallest absolute Gasteiger partial charge is 0.119 e. The van der Waals surface area contributed by atoms with Crippen molar-refractivity contribution in [2.24, 2.45) is 0 Å². The molecule has 3 rings (SSSR count). The van der Waals surface area contributed by atoms with Gasteiger partial charge in [0, 0.05) is 17.1 Å². The third-order valence-electron chi connectivity index (χ3n) is 4.64. The maximum atomic E-state index is 5.81. The van der Waals surface area contributed by atoms with Crippen molar-refractivity contribution in [3.05, 3.63) is 97.1 Å². The zero-order valence-corrected chi connectivity index (χ0v) is 16.5. The number of nitrogens with zero attached hydrogens (tertiary/aromatic N) is 1. The summed E-state index contributed by atoms with van der Waals surface area (Å²) in [4.78, 5) is 2.23. The molecule has 0 saturated heterocycles. The van der Waals surface area contributed by atoms with Crippen LogP contribution in [0.25, 0.3) is 12.2 Å². The third kappa shape index (κ3) is 4.72. The standard InChI is InChI=1S/C26H27NO/c1-4-7-20-28-26-18-16-25(17-19-26)27(23-12-8-21(5-2)9-13-23)24-14-10-22(6-3)11-15-24/h5-6,8-19H,2-4,7,20H2,1H3. The van der Waals surface area contributed by atoms with Crippen LogP contribution in [0.2, 0.25) is 0 Å². The molecule has 0 bridgehead atoms. The molecular weight excluding hydrogens is 342 g/mol. The van der Waals surface area contributed by atoms with Gasteiger partial charge in [0.1, 0.15) is 5.75 Å². The van der Waals surface area contributed by atoms with Gasteiger partial charge in [-0.1, -0.05) is 62.9 Å². The summed E-state index contributed by atoms with van der Waals surface area (Å²) in [6.45, 7) is 10.6. The van der Waals surface area contributed by atoms with Crippen LogP contribution in [-0.2, 0) is 0 Å². The van der Waals surface area contributed by atoms with E-state index in [1.807, 2.05) is 24.3 Å². The molecule has 0 amide bonds. The molecule has 28 heavy (non-hydrogen) atoms. The summed E-state index contributed by atoms with van der Waals surface area (Å²) in [6.07, 6.45) is 5.91. The topological polar surface area (TPSA) is 12.5 Å². The quantitative estimate of drug-likeness (QED) is 0.360. The van der Waals surface area contributed by atoms with E-state index in [-0.39, 0.29) is 0 Å². The van der Waals surface area contributed by atoms with E-state index >= 15 is 0 Å². The van der Waals surface area contributed by atoms with E-state index in [0.29, 0.717) is 0 Å². The highest BCUT2D eigenvalue weighted by atomic mass is 16.5. The van der Waals surface area contributed by atoms with Gasteiger partial charge in [0.25, 0.3) is 0 Å². The molecule has 2 nitrogen and oxygen atoms in total. The first kappa shape index (κ1) is 19.5. The van der Waals surface area contributed by atoms with Crippen LogP contribution in [0.1, 0.15) is 30.9 Å². The van der Waals surface area contributed by atoms with Crippen molar-refractivity contribution in [1.29, 1.82) is 0 Å². The molecule has 0 spiro atoms. The summed E-state index contributed by atoms with van der Waals surface area (Å²) in [5, 5.41) is 0. The van der Waals surface area contributed by atoms with Crippen molar-refractivity contribution < 1.29 is 4.74 Å². The lowest BCUT2D eigenvalue weighted by molar-refractivity contribution is 0.309. The molecule has 2 heteroatoms. The molecule has 3 aromatic carbocycles. The van der Waals surface area contributed by atoms with Crippen LogP contribution in [0.4, 0.5) is 17.1 Å². The Morgan fingerprint density at radius 3 is 1.54 bits per heavy atom. The van der Waals surface area contributed by atoms with Gasteiger partial charge in [-0.25, -0.2) is 0 Å². The Hall–Kier alpha value is -3.26. The number of anilines is 3. The van der Waals surface area contributed by atoms with Gasteiger partial charge >= 0.3 is 0 Å². The molecule has 0 unspecified atom stereocenters. The van der Waals surface area contributed by atoms with Crippen molar-refractivity contribution in [2.75, 3.05) is 11.5 Å². The van der Waals surface area contributed by atoms with Crippen LogP contribution in [-0.4, -0.2) is 6.61 Å². The predicted octanol–water partition coefficient (Wildman–Crippen LogP) is 7.62. The minimum atomic E-state index is 0.756. The van der Waals surface area contributed by atoms with Gasteiger partial charge in [-0.2, -0.15) is 0 Å².